The van der Waals surface area contributed by atoms with Gasteiger partial charge >= 0.3 is 6.03 Å². The lowest BCUT2D eigenvalue weighted by Gasteiger charge is -2.14. The van der Waals surface area contributed by atoms with Crippen molar-refractivity contribution in [2.45, 2.75) is 31.7 Å². The number of amides is 2. The minimum absolute atomic E-state index is 0.359. The Morgan fingerprint density at radius 1 is 1.36 bits per heavy atom. The fraction of sp³-hybridized carbons (Fsp3) is 0.333. The Balaban J connectivity index is 1.57. The molecule has 0 saturated carbocycles. The highest BCUT2D eigenvalue weighted by molar-refractivity contribution is 7.98. The first kappa shape index (κ1) is 20.2. The average Bonchev–Trinajstić information content (AvgIpc) is 3.32. The first-order chi connectivity index (χ1) is 13.5. The van der Waals surface area contributed by atoms with Crippen molar-refractivity contribution in [3.63, 3.8) is 0 Å². The Morgan fingerprint density at radius 2 is 2.21 bits per heavy atom. The molecular formula is C18H22N6O2S2. The standard InChI is InChI=1S/C18H22N6O2S2/c1-11(2)8-26-15-6-12(3)4-5-14(15)22-16(25)23-17-19-7-13(28-17)9-27-18-20-10-21-24-18/h4-7,10-11H,8-9H2,1-3H3,(H,20,21,24)(H2,19,22,23,25). The summed E-state index contributed by atoms with van der Waals surface area (Å²) in [5.41, 5.74) is 1.69. The number of nitrogens with zero attached hydrogens (tertiary/aromatic N) is 3. The number of rotatable bonds is 8. The smallest absolute Gasteiger partial charge is 0.325 e. The van der Waals surface area contributed by atoms with Crippen molar-refractivity contribution in [2.24, 2.45) is 5.92 Å². The van der Waals surface area contributed by atoms with Crippen LogP contribution in [0.25, 0.3) is 0 Å². The van der Waals surface area contributed by atoms with Gasteiger partial charge in [0.1, 0.15) is 12.1 Å². The van der Waals surface area contributed by atoms with Gasteiger partial charge in [-0.05, 0) is 30.5 Å². The van der Waals surface area contributed by atoms with E-state index < -0.39 is 0 Å². The summed E-state index contributed by atoms with van der Waals surface area (Å²) in [6, 6.07) is 5.33. The summed E-state index contributed by atoms with van der Waals surface area (Å²) < 4.78 is 5.83. The van der Waals surface area contributed by atoms with Gasteiger partial charge in [-0.25, -0.2) is 9.78 Å². The van der Waals surface area contributed by atoms with Crippen LogP contribution in [0, 0.1) is 12.8 Å². The number of H-pyrrole nitrogens is 1. The molecule has 0 spiro atoms. The quantitative estimate of drug-likeness (QED) is 0.464. The van der Waals surface area contributed by atoms with Gasteiger partial charge in [-0.1, -0.05) is 31.7 Å². The first-order valence-corrected chi connectivity index (χ1v) is 10.5. The fourth-order valence-corrected chi connectivity index (χ4v) is 3.81. The number of ether oxygens (including phenoxy) is 1. The van der Waals surface area contributed by atoms with Crippen LogP contribution >= 0.6 is 23.1 Å². The molecule has 3 aromatic rings. The summed E-state index contributed by atoms with van der Waals surface area (Å²) in [5.74, 6) is 1.75. The van der Waals surface area contributed by atoms with Crippen molar-refractivity contribution < 1.29 is 9.53 Å². The lowest BCUT2D eigenvalue weighted by molar-refractivity contribution is 0.260. The topological polar surface area (TPSA) is 105 Å². The molecule has 2 heterocycles. The highest BCUT2D eigenvalue weighted by atomic mass is 32.2. The van der Waals surface area contributed by atoms with Crippen LogP contribution in [0.4, 0.5) is 15.6 Å². The second-order valence-corrected chi connectivity index (χ2v) is 8.58. The summed E-state index contributed by atoms with van der Waals surface area (Å²) in [6.07, 6.45) is 3.28. The molecular weight excluding hydrogens is 396 g/mol. The Kier molecular flexibility index (Phi) is 6.88. The number of nitrogens with one attached hydrogen (secondary N) is 3. The molecule has 0 fully saturated rings. The predicted molar refractivity (Wildman–Crippen MR) is 112 cm³/mol. The number of aromatic nitrogens is 4. The van der Waals surface area contributed by atoms with E-state index >= 15 is 0 Å². The lowest BCUT2D eigenvalue weighted by atomic mass is 10.2. The lowest BCUT2D eigenvalue weighted by Crippen LogP contribution is -2.20. The summed E-state index contributed by atoms with van der Waals surface area (Å²) in [6.45, 7) is 6.73. The zero-order valence-electron chi connectivity index (χ0n) is 15.9. The number of aryl methyl sites for hydroxylation is 1. The number of thioether (sulfide) groups is 1. The van der Waals surface area contributed by atoms with E-state index in [0.717, 1.165) is 15.6 Å². The highest BCUT2D eigenvalue weighted by Gasteiger charge is 2.11. The number of anilines is 2. The number of carbonyl (C=O) groups is 1. The van der Waals surface area contributed by atoms with Gasteiger partial charge in [-0.3, -0.25) is 5.32 Å². The fourth-order valence-electron chi connectivity index (χ4n) is 2.20. The van der Waals surface area contributed by atoms with E-state index in [2.05, 4.69) is 44.6 Å². The Bertz CT molecular complexity index is 911. The van der Waals surface area contributed by atoms with Gasteiger partial charge in [0.25, 0.3) is 0 Å². The van der Waals surface area contributed by atoms with Crippen LogP contribution in [-0.4, -0.2) is 32.8 Å². The first-order valence-electron chi connectivity index (χ1n) is 8.74. The van der Waals surface area contributed by atoms with E-state index in [1.54, 1.807) is 6.20 Å². The molecule has 2 aromatic heterocycles. The van der Waals surface area contributed by atoms with E-state index in [1.165, 1.54) is 29.4 Å². The largest absolute Gasteiger partial charge is 0.491 e. The van der Waals surface area contributed by atoms with Crippen LogP contribution < -0.4 is 15.4 Å². The van der Waals surface area contributed by atoms with Crippen LogP contribution in [0.15, 0.2) is 35.9 Å². The highest BCUT2D eigenvalue weighted by Crippen LogP contribution is 2.28. The minimum atomic E-state index is -0.359. The van der Waals surface area contributed by atoms with Gasteiger partial charge in [-0.2, -0.15) is 0 Å². The monoisotopic (exact) mass is 418 g/mol. The number of aromatic amines is 1. The molecule has 0 unspecified atom stereocenters. The number of urea groups is 1. The van der Waals surface area contributed by atoms with E-state index in [0.29, 0.717) is 34.8 Å². The Hall–Kier alpha value is -2.59. The summed E-state index contributed by atoms with van der Waals surface area (Å²) in [4.78, 5) is 20.6. The molecule has 148 valence electrons. The molecule has 3 rings (SSSR count). The maximum absolute atomic E-state index is 12.4. The van der Waals surface area contributed by atoms with Gasteiger partial charge in [0.2, 0.25) is 0 Å². The zero-order valence-corrected chi connectivity index (χ0v) is 17.5. The van der Waals surface area contributed by atoms with Crippen LogP contribution in [0.1, 0.15) is 24.3 Å². The molecule has 10 heteroatoms. The second kappa shape index (κ2) is 9.56. The van der Waals surface area contributed by atoms with E-state index in [-0.39, 0.29) is 6.03 Å². The third-order valence-corrected chi connectivity index (χ3v) is 5.50. The molecule has 0 aliphatic rings. The molecule has 0 radical (unpaired) electrons. The van der Waals surface area contributed by atoms with Crippen molar-refractivity contribution >= 4 is 39.9 Å². The van der Waals surface area contributed by atoms with Gasteiger partial charge in [0, 0.05) is 16.8 Å². The SMILES string of the molecule is Cc1ccc(NC(=O)Nc2ncc(CSc3nnc[nH]3)s2)c(OCC(C)C)c1. The molecule has 1 aromatic carbocycles. The van der Waals surface area contributed by atoms with E-state index in [1.807, 2.05) is 25.1 Å². The normalized spacial score (nSPS) is 10.9. The van der Waals surface area contributed by atoms with E-state index in [9.17, 15) is 4.79 Å². The molecule has 28 heavy (non-hydrogen) atoms. The number of benzene rings is 1. The summed E-state index contributed by atoms with van der Waals surface area (Å²) >= 11 is 2.94. The Morgan fingerprint density at radius 3 is 2.96 bits per heavy atom. The van der Waals surface area contributed by atoms with Gasteiger partial charge < -0.3 is 15.0 Å². The molecule has 2 amide bonds. The van der Waals surface area contributed by atoms with Crippen molar-refractivity contribution in [3.05, 3.63) is 41.2 Å². The van der Waals surface area contributed by atoms with E-state index in [4.69, 9.17) is 4.74 Å². The minimum Gasteiger partial charge on any atom is -0.491 e. The van der Waals surface area contributed by atoms with Crippen molar-refractivity contribution in [1.82, 2.24) is 20.2 Å². The van der Waals surface area contributed by atoms with Crippen LogP contribution in [0.3, 0.4) is 0 Å². The number of hydrogen-bond acceptors (Lipinski definition) is 7. The van der Waals surface area contributed by atoms with Gasteiger partial charge in [0.15, 0.2) is 10.3 Å². The third-order valence-electron chi connectivity index (χ3n) is 3.48. The van der Waals surface area contributed by atoms with Gasteiger partial charge in [-0.15, -0.1) is 21.5 Å². The van der Waals surface area contributed by atoms with Gasteiger partial charge in [0.05, 0.1) is 12.3 Å². The molecule has 0 aliphatic carbocycles. The predicted octanol–water partition coefficient (Wildman–Crippen LogP) is 4.54. The van der Waals surface area contributed by atoms with Crippen molar-refractivity contribution in [3.8, 4) is 5.75 Å². The summed E-state index contributed by atoms with van der Waals surface area (Å²) in [5, 5.41) is 14.5. The van der Waals surface area contributed by atoms with Crippen molar-refractivity contribution in [1.29, 1.82) is 0 Å². The Labute approximate surface area is 171 Å². The average molecular weight is 419 g/mol. The van der Waals surface area contributed by atoms with Crippen LogP contribution in [-0.2, 0) is 5.75 Å². The molecule has 3 N–H and O–H groups in total. The second-order valence-electron chi connectivity index (χ2n) is 6.50. The molecule has 0 bridgehead atoms. The number of carbonyl (C=O) groups excluding carboxylic acids is 1. The number of thiazole rings is 1. The van der Waals surface area contributed by atoms with Crippen LogP contribution in [0.2, 0.25) is 0 Å². The zero-order chi connectivity index (χ0) is 19.9. The molecule has 0 aliphatic heterocycles. The van der Waals surface area contributed by atoms with Crippen LogP contribution in [0.5, 0.6) is 5.75 Å². The maximum atomic E-state index is 12.4. The molecule has 8 nitrogen and oxygen atoms in total. The molecule has 0 atom stereocenters. The summed E-state index contributed by atoms with van der Waals surface area (Å²) in [7, 11) is 0. The third kappa shape index (κ3) is 5.96. The molecule has 0 saturated heterocycles. The van der Waals surface area contributed by atoms with Crippen molar-refractivity contribution in [2.75, 3.05) is 17.2 Å². The number of hydrogen-bond donors (Lipinski definition) is 3. The maximum Gasteiger partial charge on any atom is 0.325 e.